The second kappa shape index (κ2) is 4.03. The van der Waals surface area contributed by atoms with Crippen LogP contribution in [-0.4, -0.2) is 18.9 Å². The Morgan fingerprint density at radius 2 is 2.20 bits per heavy atom. The quantitative estimate of drug-likeness (QED) is 0.688. The van der Waals surface area contributed by atoms with E-state index in [1.165, 1.54) is 11.1 Å². The van der Waals surface area contributed by atoms with Crippen molar-refractivity contribution in [3.8, 4) is 0 Å². The summed E-state index contributed by atoms with van der Waals surface area (Å²) < 4.78 is 0. The van der Waals surface area contributed by atoms with Crippen LogP contribution in [0.5, 0.6) is 0 Å². The van der Waals surface area contributed by atoms with E-state index < -0.39 is 0 Å². The molecule has 0 amide bonds. The Balaban J connectivity index is 2.47. The summed E-state index contributed by atoms with van der Waals surface area (Å²) in [5.41, 5.74) is 9.60. The summed E-state index contributed by atoms with van der Waals surface area (Å²) in [5.74, 6) is 0.338. The molecule has 0 aromatic carbocycles. The SMILES string of the molecule is BC1C(c2ccccn2)=C(C)C=CC1N. The maximum Gasteiger partial charge on any atom is 0.113 e. The lowest BCUT2D eigenvalue weighted by atomic mass is 9.70. The lowest BCUT2D eigenvalue weighted by molar-refractivity contribution is 0.825. The molecule has 1 aromatic heterocycles. The number of nitrogens with zero attached hydrogens (tertiary/aromatic N) is 1. The minimum atomic E-state index is 0.103. The first kappa shape index (κ1) is 10.2. The Labute approximate surface area is 91.3 Å². The number of rotatable bonds is 1. The van der Waals surface area contributed by atoms with Crippen LogP contribution >= 0.6 is 0 Å². The minimum Gasteiger partial charge on any atom is -0.325 e. The van der Waals surface area contributed by atoms with Gasteiger partial charge >= 0.3 is 0 Å². The first-order chi connectivity index (χ1) is 7.20. The van der Waals surface area contributed by atoms with Gasteiger partial charge in [0.05, 0.1) is 5.69 Å². The fourth-order valence-corrected chi connectivity index (χ4v) is 2.02. The topological polar surface area (TPSA) is 38.9 Å². The molecule has 1 aliphatic rings. The smallest absolute Gasteiger partial charge is 0.113 e. The van der Waals surface area contributed by atoms with Gasteiger partial charge in [0.1, 0.15) is 7.85 Å². The molecule has 0 fully saturated rings. The van der Waals surface area contributed by atoms with Gasteiger partial charge in [-0.1, -0.05) is 18.2 Å². The third-order valence-corrected chi connectivity index (χ3v) is 2.97. The zero-order valence-corrected chi connectivity index (χ0v) is 9.14. The highest BCUT2D eigenvalue weighted by molar-refractivity contribution is 6.20. The van der Waals surface area contributed by atoms with E-state index in [1.54, 1.807) is 0 Å². The molecule has 0 radical (unpaired) electrons. The molecule has 0 aliphatic heterocycles. The summed E-state index contributed by atoms with van der Waals surface area (Å²) in [6.45, 7) is 2.11. The molecule has 2 unspecified atom stereocenters. The third kappa shape index (κ3) is 1.88. The molecule has 1 aromatic rings. The van der Waals surface area contributed by atoms with Crippen LogP contribution in [0.3, 0.4) is 0 Å². The molecule has 2 N–H and O–H groups in total. The third-order valence-electron chi connectivity index (χ3n) is 2.97. The number of nitrogens with two attached hydrogens (primary N) is 1. The van der Waals surface area contributed by atoms with Gasteiger partial charge in [-0.2, -0.15) is 0 Å². The molecule has 0 bridgehead atoms. The fourth-order valence-electron chi connectivity index (χ4n) is 2.02. The van der Waals surface area contributed by atoms with Crippen molar-refractivity contribution < 1.29 is 0 Å². The van der Waals surface area contributed by atoms with Crippen molar-refractivity contribution in [2.45, 2.75) is 18.8 Å². The molecule has 2 rings (SSSR count). The molecule has 0 saturated heterocycles. The molecule has 1 heterocycles. The Kier molecular flexibility index (Phi) is 2.74. The van der Waals surface area contributed by atoms with Gasteiger partial charge in [0.15, 0.2) is 0 Å². The number of hydrogen-bond donors (Lipinski definition) is 1. The van der Waals surface area contributed by atoms with Crippen molar-refractivity contribution in [1.29, 1.82) is 0 Å². The Hall–Kier alpha value is -1.35. The summed E-state index contributed by atoms with van der Waals surface area (Å²) in [7, 11) is 2.15. The molecular weight excluding hydrogens is 183 g/mol. The van der Waals surface area contributed by atoms with E-state index in [9.17, 15) is 0 Å². The highest BCUT2D eigenvalue weighted by Crippen LogP contribution is 2.33. The van der Waals surface area contributed by atoms with Crippen molar-refractivity contribution in [3.05, 3.63) is 47.8 Å². The highest BCUT2D eigenvalue weighted by Gasteiger charge is 2.21. The van der Waals surface area contributed by atoms with E-state index in [0.29, 0.717) is 5.82 Å². The fraction of sp³-hybridized carbons (Fsp3) is 0.250. The second-order valence-corrected chi connectivity index (χ2v) is 4.04. The summed E-state index contributed by atoms with van der Waals surface area (Å²) in [6, 6.07) is 6.09. The van der Waals surface area contributed by atoms with Crippen LogP contribution in [0.4, 0.5) is 0 Å². The predicted octanol–water partition coefficient (Wildman–Crippen LogP) is 1.17. The van der Waals surface area contributed by atoms with E-state index in [2.05, 4.69) is 31.9 Å². The molecule has 76 valence electrons. The van der Waals surface area contributed by atoms with Gasteiger partial charge < -0.3 is 5.73 Å². The molecular formula is C12H15BN2. The lowest BCUT2D eigenvalue weighted by Crippen LogP contribution is -2.27. The van der Waals surface area contributed by atoms with E-state index in [-0.39, 0.29) is 6.04 Å². The molecule has 1 aliphatic carbocycles. The Bertz CT molecular complexity index is 409. The van der Waals surface area contributed by atoms with Crippen LogP contribution in [0.2, 0.25) is 5.82 Å². The van der Waals surface area contributed by atoms with Crippen LogP contribution in [0.25, 0.3) is 5.57 Å². The molecule has 15 heavy (non-hydrogen) atoms. The van der Waals surface area contributed by atoms with Crippen LogP contribution in [-0.2, 0) is 0 Å². The van der Waals surface area contributed by atoms with Crippen LogP contribution in [0, 0.1) is 0 Å². The highest BCUT2D eigenvalue weighted by atomic mass is 14.7. The average molecular weight is 198 g/mol. The summed E-state index contributed by atoms with van der Waals surface area (Å²) in [6.07, 6.45) is 5.98. The number of hydrogen-bond acceptors (Lipinski definition) is 2. The van der Waals surface area contributed by atoms with Crippen molar-refractivity contribution >= 4 is 13.4 Å². The van der Waals surface area contributed by atoms with E-state index in [0.717, 1.165) is 5.69 Å². The first-order valence-electron chi connectivity index (χ1n) is 5.26. The standard InChI is InChI=1S/C12H15BN2/c1-8-5-6-9(14)12(13)11(8)10-4-2-3-7-15-10/h2-7,9,12H,13-14H2,1H3. The lowest BCUT2D eigenvalue weighted by Gasteiger charge is -2.25. The zero-order chi connectivity index (χ0) is 10.8. The molecule has 2 nitrogen and oxygen atoms in total. The van der Waals surface area contributed by atoms with Crippen molar-refractivity contribution in [2.24, 2.45) is 5.73 Å². The van der Waals surface area contributed by atoms with E-state index in [4.69, 9.17) is 5.73 Å². The van der Waals surface area contributed by atoms with Gasteiger partial charge in [-0.3, -0.25) is 4.98 Å². The molecule has 2 atom stereocenters. The molecule has 3 heteroatoms. The van der Waals surface area contributed by atoms with Crippen LogP contribution < -0.4 is 5.73 Å². The van der Waals surface area contributed by atoms with Gasteiger partial charge in [0.25, 0.3) is 0 Å². The van der Waals surface area contributed by atoms with Gasteiger partial charge in [-0.25, -0.2) is 0 Å². The minimum absolute atomic E-state index is 0.103. The number of aromatic nitrogens is 1. The monoisotopic (exact) mass is 198 g/mol. The predicted molar refractivity (Wildman–Crippen MR) is 66.2 cm³/mol. The van der Waals surface area contributed by atoms with Crippen molar-refractivity contribution in [1.82, 2.24) is 4.98 Å². The average Bonchev–Trinajstić information content (AvgIpc) is 2.26. The Morgan fingerprint density at radius 1 is 1.40 bits per heavy atom. The van der Waals surface area contributed by atoms with Crippen molar-refractivity contribution in [2.75, 3.05) is 0 Å². The second-order valence-electron chi connectivity index (χ2n) is 4.04. The largest absolute Gasteiger partial charge is 0.325 e. The maximum atomic E-state index is 6.02. The normalized spacial score (nSPS) is 25.7. The molecule has 0 saturated carbocycles. The zero-order valence-electron chi connectivity index (χ0n) is 9.14. The van der Waals surface area contributed by atoms with Gasteiger partial charge in [-0.15, -0.1) is 0 Å². The molecule has 0 spiro atoms. The maximum absolute atomic E-state index is 6.02. The van der Waals surface area contributed by atoms with E-state index in [1.807, 2.05) is 24.4 Å². The van der Waals surface area contributed by atoms with E-state index >= 15 is 0 Å². The van der Waals surface area contributed by atoms with Gasteiger partial charge in [0.2, 0.25) is 0 Å². The summed E-state index contributed by atoms with van der Waals surface area (Å²) in [5, 5.41) is 0. The summed E-state index contributed by atoms with van der Waals surface area (Å²) >= 11 is 0. The van der Waals surface area contributed by atoms with Crippen molar-refractivity contribution in [3.63, 3.8) is 0 Å². The first-order valence-corrected chi connectivity index (χ1v) is 5.26. The summed E-state index contributed by atoms with van der Waals surface area (Å²) in [4.78, 5) is 4.39. The number of pyridine rings is 1. The van der Waals surface area contributed by atoms with Gasteiger partial charge in [-0.05, 0) is 36.0 Å². The van der Waals surface area contributed by atoms with Crippen LogP contribution in [0.15, 0.2) is 42.1 Å². The van der Waals surface area contributed by atoms with Gasteiger partial charge in [0, 0.05) is 12.2 Å². The Morgan fingerprint density at radius 3 is 2.87 bits per heavy atom. The number of allylic oxidation sites excluding steroid dienone is 2. The van der Waals surface area contributed by atoms with Crippen LogP contribution in [0.1, 0.15) is 12.6 Å².